The summed E-state index contributed by atoms with van der Waals surface area (Å²) in [6.45, 7) is 1.95. The molecule has 4 nitrogen and oxygen atoms in total. The fraction of sp³-hybridized carbons (Fsp3) is 0.353. The second-order valence-electron chi connectivity index (χ2n) is 5.55. The van der Waals surface area contributed by atoms with E-state index in [0.29, 0.717) is 18.7 Å². The van der Waals surface area contributed by atoms with E-state index in [0.717, 1.165) is 25.1 Å². The zero-order valence-electron chi connectivity index (χ0n) is 12.8. The molecule has 124 valence electrons. The van der Waals surface area contributed by atoms with Gasteiger partial charge in [-0.25, -0.2) is 0 Å². The number of benzene rings is 1. The number of piperidine rings is 1. The van der Waals surface area contributed by atoms with Crippen LogP contribution >= 0.6 is 23.7 Å². The third kappa shape index (κ3) is 4.70. The van der Waals surface area contributed by atoms with E-state index in [4.69, 9.17) is 10.5 Å². The number of thiophene rings is 1. The summed E-state index contributed by atoms with van der Waals surface area (Å²) in [6.07, 6.45) is 1.97. The Kier molecular flexibility index (Phi) is 6.45. The van der Waals surface area contributed by atoms with Gasteiger partial charge in [0.25, 0.3) is 5.91 Å². The number of carbonyl (C=O) groups excluding carboxylic acids is 1. The highest BCUT2D eigenvalue weighted by atomic mass is 35.5. The first-order chi connectivity index (χ1) is 10.7. The van der Waals surface area contributed by atoms with Crippen LogP contribution in [-0.4, -0.2) is 29.9 Å². The monoisotopic (exact) mass is 352 g/mol. The van der Waals surface area contributed by atoms with E-state index >= 15 is 0 Å². The maximum atomic E-state index is 12.5. The summed E-state index contributed by atoms with van der Waals surface area (Å²) in [6, 6.07) is 11.5. The number of nitrogens with two attached hydrogens (primary N) is 1. The average Bonchev–Trinajstić information content (AvgIpc) is 3.06. The number of hydrogen-bond acceptors (Lipinski definition) is 4. The molecule has 2 N–H and O–H groups in total. The third-order valence-electron chi connectivity index (χ3n) is 3.79. The van der Waals surface area contributed by atoms with Crippen LogP contribution < -0.4 is 10.5 Å². The van der Waals surface area contributed by atoms with Crippen molar-refractivity contribution in [1.82, 2.24) is 4.90 Å². The highest BCUT2D eigenvalue weighted by Crippen LogP contribution is 2.19. The smallest absolute Gasteiger partial charge is 0.254 e. The van der Waals surface area contributed by atoms with Crippen LogP contribution in [0.3, 0.4) is 0 Å². The fourth-order valence-electron chi connectivity index (χ4n) is 2.65. The van der Waals surface area contributed by atoms with Crippen molar-refractivity contribution in [3.63, 3.8) is 0 Å². The number of amides is 1. The van der Waals surface area contributed by atoms with Gasteiger partial charge in [0.1, 0.15) is 12.4 Å². The number of ether oxygens (including phenoxy) is 1. The minimum atomic E-state index is 0. The molecule has 1 aliphatic heterocycles. The molecule has 1 amide bonds. The van der Waals surface area contributed by atoms with Gasteiger partial charge in [0, 0.05) is 29.6 Å². The quantitative estimate of drug-likeness (QED) is 0.918. The van der Waals surface area contributed by atoms with Gasteiger partial charge in [-0.05, 0) is 42.5 Å². The number of hydrogen-bond donors (Lipinski definition) is 1. The first-order valence-electron chi connectivity index (χ1n) is 7.52. The maximum absolute atomic E-state index is 12.5. The van der Waals surface area contributed by atoms with Crippen molar-refractivity contribution in [1.29, 1.82) is 0 Å². The zero-order valence-corrected chi connectivity index (χ0v) is 14.4. The van der Waals surface area contributed by atoms with Gasteiger partial charge in [-0.2, -0.15) is 0 Å². The van der Waals surface area contributed by atoms with Crippen molar-refractivity contribution in [3.05, 3.63) is 52.2 Å². The predicted molar refractivity (Wildman–Crippen MR) is 95.5 cm³/mol. The Bertz CT molecular complexity index is 633. The molecule has 0 saturated carbocycles. The molecule has 0 spiro atoms. The Morgan fingerprint density at radius 1 is 1.35 bits per heavy atom. The van der Waals surface area contributed by atoms with Crippen LogP contribution in [0.15, 0.2) is 41.8 Å². The summed E-state index contributed by atoms with van der Waals surface area (Å²) in [5.74, 6) is 0.761. The molecule has 1 aromatic carbocycles. The number of carbonyl (C=O) groups is 1. The normalized spacial score (nSPS) is 17.4. The van der Waals surface area contributed by atoms with Crippen LogP contribution in [0.1, 0.15) is 28.1 Å². The van der Waals surface area contributed by atoms with Crippen molar-refractivity contribution in [2.75, 3.05) is 13.1 Å². The lowest BCUT2D eigenvalue weighted by atomic mass is 10.1. The first kappa shape index (κ1) is 17.8. The number of halogens is 1. The molecule has 1 aromatic heterocycles. The molecule has 23 heavy (non-hydrogen) atoms. The molecule has 2 aromatic rings. The Balaban J connectivity index is 0.00000192. The zero-order chi connectivity index (χ0) is 15.4. The topological polar surface area (TPSA) is 55.6 Å². The number of likely N-dealkylation sites (tertiary alicyclic amines) is 1. The molecule has 1 atom stereocenters. The van der Waals surface area contributed by atoms with E-state index in [2.05, 4.69) is 0 Å². The molecule has 2 heterocycles. The van der Waals surface area contributed by atoms with E-state index in [-0.39, 0.29) is 24.4 Å². The van der Waals surface area contributed by atoms with E-state index < -0.39 is 0 Å². The fourth-order valence-corrected chi connectivity index (χ4v) is 3.26. The molecular weight excluding hydrogens is 332 g/mol. The van der Waals surface area contributed by atoms with Crippen LogP contribution in [0.5, 0.6) is 5.75 Å². The summed E-state index contributed by atoms with van der Waals surface area (Å²) in [5, 5.41) is 2.03. The molecule has 1 aliphatic rings. The molecule has 0 aliphatic carbocycles. The number of rotatable bonds is 4. The Hall–Kier alpha value is -1.56. The van der Waals surface area contributed by atoms with Gasteiger partial charge in [0.05, 0.1) is 0 Å². The molecule has 6 heteroatoms. The summed E-state index contributed by atoms with van der Waals surface area (Å²) < 4.78 is 5.76. The predicted octanol–water partition coefficient (Wildman–Crippen LogP) is 3.31. The number of nitrogens with zero attached hydrogens (tertiary/aromatic N) is 1. The van der Waals surface area contributed by atoms with E-state index in [9.17, 15) is 4.79 Å². The van der Waals surface area contributed by atoms with E-state index in [1.807, 2.05) is 46.7 Å². The summed E-state index contributed by atoms with van der Waals surface area (Å²) in [5.41, 5.74) is 6.62. The molecule has 0 bridgehead atoms. The first-order valence-corrected chi connectivity index (χ1v) is 8.40. The third-order valence-corrected chi connectivity index (χ3v) is 4.64. The Labute approximate surface area is 146 Å². The largest absolute Gasteiger partial charge is 0.488 e. The van der Waals surface area contributed by atoms with Crippen LogP contribution in [0.2, 0.25) is 0 Å². The highest BCUT2D eigenvalue weighted by Gasteiger charge is 2.22. The SMILES string of the molecule is Cl.NC1CCCN(C(=O)c2cccc(OCc3cccs3)c2)C1. The van der Waals surface area contributed by atoms with E-state index in [1.165, 1.54) is 4.88 Å². The van der Waals surface area contributed by atoms with Gasteiger partial charge in [-0.1, -0.05) is 12.1 Å². The van der Waals surface area contributed by atoms with Crippen LogP contribution in [0.25, 0.3) is 0 Å². The van der Waals surface area contributed by atoms with Gasteiger partial charge in [-0.3, -0.25) is 4.79 Å². The Morgan fingerprint density at radius 3 is 2.96 bits per heavy atom. The van der Waals surface area contributed by atoms with Crippen molar-refractivity contribution >= 4 is 29.7 Å². The molecular formula is C17H21ClN2O2S. The second-order valence-corrected chi connectivity index (χ2v) is 6.58. The lowest BCUT2D eigenvalue weighted by molar-refractivity contribution is 0.0708. The minimum Gasteiger partial charge on any atom is -0.488 e. The standard InChI is InChI=1S/C17H20N2O2S.ClH/c18-14-5-2-8-19(11-14)17(20)13-4-1-6-15(10-13)21-12-16-7-3-9-22-16;/h1,3-4,6-7,9-10,14H,2,5,8,11-12,18H2;1H. The van der Waals surface area contributed by atoms with Gasteiger partial charge < -0.3 is 15.4 Å². The maximum Gasteiger partial charge on any atom is 0.254 e. The minimum absolute atomic E-state index is 0. The van der Waals surface area contributed by atoms with Gasteiger partial charge in [0.2, 0.25) is 0 Å². The van der Waals surface area contributed by atoms with E-state index in [1.54, 1.807) is 11.3 Å². The summed E-state index contributed by atoms with van der Waals surface area (Å²) in [4.78, 5) is 15.6. The molecule has 0 radical (unpaired) electrons. The summed E-state index contributed by atoms with van der Waals surface area (Å²) >= 11 is 1.66. The van der Waals surface area contributed by atoms with Crippen molar-refractivity contribution in [2.24, 2.45) is 5.73 Å². The molecule has 1 fully saturated rings. The second kappa shape index (κ2) is 8.34. The highest BCUT2D eigenvalue weighted by molar-refractivity contribution is 7.09. The lowest BCUT2D eigenvalue weighted by Crippen LogP contribution is -2.45. The van der Waals surface area contributed by atoms with Gasteiger partial charge in [0.15, 0.2) is 0 Å². The lowest BCUT2D eigenvalue weighted by Gasteiger charge is -2.30. The van der Waals surface area contributed by atoms with Crippen LogP contribution in [0.4, 0.5) is 0 Å². The molecule has 1 saturated heterocycles. The van der Waals surface area contributed by atoms with Crippen LogP contribution in [0, 0.1) is 0 Å². The summed E-state index contributed by atoms with van der Waals surface area (Å²) in [7, 11) is 0. The average molecular weight is 353 g/mol. The molecule has 3 rings (SSSR count). The molecule has 1 unspecified atom stereocenters. The van der Waals surface area contributed by atoms with Crippen LogP contribution in [-0.2, 0) is 6.61 Å². The Morgan fingerprint density at radius 2 is 2.22 bits per heavy atom. The van der Waals surface area contributed by atoms with Crippen molar-refractivity contribution < 1.29 is 9.53 Å². The van der Waals surface area contributed by atoms with Gasteiger partial charge >= 0.3 is 0 Å². The van der Waals surface area contributed by atoms with Crippen molar-refractivity contribution in [2.45, 2.75) is 25.5 Å². The van der Waals surface area contributed by atoms with Crippen molar-refractivity contribution in [3.8, 4) is 5.75 Å². The van der Waals surface area contributed by atoms with Gasteiger partial charge in [-0.15, -0.1) is 23.7 Å².